The lowest BCUT2D eigenvalue weighted by Crippen LogP contribution is -2.20. The Morgan fingerprint density at radius 3 is 2.71 bits per heavy atom. The molecule has 21 heavy (non-hydrogen) atoms. The number of anilines is 1. The van der Waals surface area contributed by atoms with Gasteiger partial charge >= 0.3 is 0 Å². The van der Waals surface area contributed by atoms with Crippen LogP contribution in [0.4, 0.5) is 10.1 Å². The first-order chi connectivity index (χ1) is 10.2. The molecule has 3 rings (SSSR count). The highest BCUT2D eigenvalue weighted by atomic mass is 19.1. The monoisotopic (exact) mass is 286 g/mol. The second-order valence-corrected chi connectivity index (χ2v) is 5.08. The van der Waals surface area contributed by atoms with Gasteiger partial charge in [0.2, 0.25) is 0 Å². The molecule has 1 aliphatic heterocycles. The number of hydrogen-bond donors (Lipinski definition) is 2. The number of hydrogen-bond acceptors (Lipinski definition) is 3. The van der Waals surface area contributed by atoms with E-state index in [4.69, 9.17) is 5.21 Å². The Labute approximate surface area is 121 Å². The molecule has 0 saturated carbocycles. The quantitative estimate of drug-likeness (QED) is 0.673. The summed E-state index contributed by atoms with van der Waals surface area (Å²) in [5.41, 5.74) is 5.13. The summed E-state index contributed by atoms with van der Waals surface area (Å²) in [6, 6.07) is 11.9. The summed E-state index contributed by atoms with van der Waals surface area (Å²) in [5, 5.41) is 8.58. The third kappa shape index (κ3) is 2.73. The molecule has 1 amide bonds. The Hall–Kier alpha value is -2.40. The van der Waals surface area contributed by atoms with E-state index in [0.717, 1.165) is 29.8 Å². The zero-order valence-electron chi connectivity index (χ0n) is 11.3. The van der Waals surface area contributed by atoms with E-state index in [1.165, 1.54) is 6.07 Å². The maximum atomic E-state index is 13.4. The maximum absolute atomic E-state index is 13.4. The van der Waals surface area contributed by atoms with E-state index in [1.807, 2.05) is 18.2 Å². The topological polar surface area (TPSA) is 52.6 Å². The van der Waals surface area contributed by atoms with Gasteiger partial charge in [0, 0.05) is 24.3 Å². The van der Waals surface area contributed by atoms with Crippen LogP contribution < -0.4 is 10.4 Å². The number of halogens is 1. The summed E-state index contributed by atoms with van der Waals surface area (Å²) >= 11 is 0. The Kier molecular flexibility index (Phi) is 3.58. The predicted octanol–water partition coefficient (Wildman–Crippen LogP) is 2.51. The van der Waals surface area contributed by atoms with Crippen LogP contribution in [0.3, 0.4) is 0 Å². The minimum absolute atomic E-state index is 0.226. The van der Waals surface area contributed by atoms with Crippen molar-refractivity contribution in [3.8, 4) is 0 Å². The molecular weight excluding hydrogens is 271 g/mol. The summed E-state index contributed by atoms with van der Waals surface area (Å²) in [6.07, 6.45) is 0.917. The summed E-state index contributed by atoms with van der Waals surface area (Å²) < 4.78 is 13.4. The molecule has 108 valence electrons. The average molecular weight is 286 g/mol. The highest BCUT2D eigenvalue weighted by Gasteiger charge is 2.19. The highest BCUT2D eigenvalue weighted by Crippen LogP contribution is 2.29. The van der Waals surface area contributed by atoms with E-state index in [0.29, 0.717) is 12.1 Å². The minimum atomic E-state index is -0.532. The van der Waals surface area contributed by atoms with Crippen LogP contribution in [-0.2, 0) is 13.0 Å². The average Bonchev–Trinajstić information content (AvgIpc) is 2.89. The number of amides is 1. The smallest absolute Gasteiger partial charge is 0.274 e. The highest BCUT2D eigenvalue weighted by molar-refractivity contribution is 5.93. The van der Waals surface area contributed by atoms with Crippen LogP contribution in [0.1, 0.15) is 21.5 Å². The first-order valence-corrected chi connectivity index (χ1v) is 6.74. The van der Waals surface area contributed by atoms with E-state index in [9.17, 15) is 9.18 Å². The largest absolute Gasteiger partial charge is 0.367 e. The molecule has 0 fully saturated rings. The lowest BCUT2D eigenvalue weighted by molar-refractivity contribution is 0.0706. The van der Waals surface area contributed by atoms with Crippen molar-refractivity contribution in [2.75, 3.05) is 11.4 Å². The SMILES string of the molecule is O=C(NO)c1ccc(CN2CCc3ccc(F)cc32)cc1. The van der Waals surface area contributed by atoms with Crippen molar-refractivity contribution in [3.05, 3.63) is 65.0 Å². The molecule has 1 heterocycles. The molecule has 1 aliphatic rings. The Balaban J connectivity index is 1.77. The maximum Gasteiger partial charge on any atom is 0.274 e. The zero-order chi connectivity index (χ0) is 14.8. The number of carbonyl (C=O) groups excluding carboxylic acids is 1. The van der Waals surface area contributed by atoms with E-state index in [1.54, 1.807) is 23.7 Å². The molecule has 0 unspecified atom stereocenters. The molecular formula is C16H15FN2O2. The van der Waals surface area contributed by atoms with Crippen LogP contribution in [-0.4, -0.2) is 17.7 Å². The molecule has 0 radical (unpaired) electrons. The van der Waals surface area contributed by atoms with Gasteiger partial charge in [-0.25, -0.2) is 9.87 Å². The van der Waals surface area contributed by atoms with Crippen molar-refractivity contribution in [3.63, 3.8) is 0 Å². The molecule has 2 aromatic rings. The van der Waals surface area contributed by atoms with Gasteiger partial charge in [-0.05, 0) is 41.8 Å². The van der Waals surface area contributed by atoms with E-state index < -0.39 is 5.91 Å². The lowest BCUT2D eigenvalue weighted by atomic mass is 10.1. The molecule has 4 nitrogen and oxygen atoms in total. The number of nitrogens with zero attached hydrogens (tertiary/aromatic N) is 1. The van der Waals surface area contributed by atoms with Gasteiger partial charge in [0.25, 0.3) is 5.91 Å². The lowest BCUT2D eigenvalue weighted by Gasteiger charge is -2.19. The fourth-order valence-corrected chi connectivity index (χ4v) is 2.63. The van der Waals surface area contributed by atoms with Gasteiger partial charge in [0.05, 0.1) is 0 Å². The second kappa shape index (κ2) is 5.54. The molecule has 2 N–H and O–H groups in total. The van der Waals surface area contributed by atoms with E-state index in [-0.39, 0.29) is 5.82 Å². The van der Waals surface area contributed by atoms with Gasteiger partial charge in [0.15, 0.2) is 0 Å². The van der Waals surface area contributed by atoms with Gasteiger partial charge in [-0.3, -0.25) is 10.0 Å². The molecule has 2 aromatic carbocycles. The minimum Gasteiger partial charge on any atom is -0.367 e. The van der Waals surface area contributed by atoms with Crippen LogP contribution in [0.5, 0.6) is 0 Å². The summed E-state index contributed by atoms with van der Waals surface area (Å²) in [7, 11) is 0. The van der Waals surface area contributed by atoms with Crippen molar-refractivity contribution < 1.29 is 14.4 Å². The van der Waals surface area contributed by atoms with Gasteiger partial charge < -0.3 is 4.90 Å². The van der Waals surface area contributed by atoms with Gasteiger partial charge in [-0.2, -0.15) is 0 Å². The fourth-order valence-electron chi connectivity index (χ4n) is 2.63. The number of hydroxylamine groups is 1. The van der Waals surface area contributed by atoms with Crippen molar-refractivity contribution in [2.24, 2.45) is 0 Å². The molecule has 0 saturated heterocycles. The standard InChI is InChI=1S/C16H15FN2O2/c17-14-6-5-12-7-8-19(15(12)9-14)10-11-1-3-13(4-2-11)16(20)18-21/h1-6,9,21H,7-8,10H2,(H,18,20). The van der Waals surface area contributed by atoms with Crippen molar-refractivity contribution >= 4 is 11.6 Å². The van der Waals surface area contributed by atoms with Crippen molar-refractivity contribution in [1.29, 1.82) is 0 Å². The van der Waals surface area contributed by atoms with Crippen molar-refractivity contribution in [2.45, 2.75) is 13.0 Å². The van der Waals surface area contributed by atoms with E-state index in [2.05, 4.69) is 4.90 Å². The molecule has 0 atom stereocenters. The number of fused-ring (bicyclic) bond motifs is 1. The Morgan fingerprint density at radius 2 is 2.00 bits per heavy atom. The van der Waals surface area contributed by atoms with Gasteiger partial charge in [-0.1, -0.05) is 18.2 Å². The van der Waals surface area contributed by atoms with E-state index >= 15 is 0 Å². The third-order valence-corrected chi connectivity index (χ3v) is 3.73. The number of carbonyl (C=O) groups is 1. The van der Waals surface area contributed by atoms with Crippen LogP contribution in [0.25, 0.3) is 0 Å². The van der Waals surface area contributed by atoms with Gasteiger partial charge in [-0.15, -0.1) is 0 Å². The predicted molar refractivity (Wildman–Crippen MR) is 76.8 cm³/mol. The first kappa shape index (κ1) is 13.6. The number of nitrogens with one attached hydrogen (secondary N) is 1. The summed E-state index contributed by atoms with van der Waals surface area (Å²) in [5.74, 6) is -0.759. The summed E-state index contributed by atoms with van der Waals surface area (Å²) in [6.45, 7) is 1.52. The molecule has 0 spiro atoms. The molecule has 0 aliphatic carbocycles. The Morgan fingerprint density at radius 1 is 1.24 bits per heavy atom. The zero-order valence-corrected chi connectivity index (χ0v) is 11.3. The molecule has 5 heteroatoms. The van der Waals surface area contributed by atoms with Crippen LogP contribution in [0.2, 0.25) is 0 Å². The van der Waals surface area contributed by atoms with Crippen molar-refractivity contribution in [1.82, 2.24) is 5.48 Å². The summed E-state index contributed by atoms with van der Waals surface area (Å²) in [4.78, 5) is 13.4. The fraction of sp³-hybridized carbons (Fsp3) is 0.188. The van der Waals surface area contributed by atoms with Gasteiger partial charge in [0.1, 0.15) is 5.82 Å². The first-order valence-electron chi connectivity index (χ1n) is 6.74. The Bertz CT molecular complexity index is 670. The number of benzene rings is 2. The molecule has 0 aromatic heterocycles. The van der Waals surface area contributed by atoms with Crippen LogP contribution >= 0.6 is 0 Å². The second-order valence-electron chi connectivity index (χ2n) is 5.08. The number of rotatable bonds is 3. The molecule has 0 bridgehead atoms. The van der Waals surface area contributed by atoms with Crippen LogP contribution in [0.15, 0.2) is 42.5 Å². The van der Waals surface area contributed by atoms with Crippen LogP contribution in [0, 0.1) is 5.82 Å². The third-order valence-electron chi connectivity index (χ3n) is 3.73. The normalized spacial score (nSPS) is 13.1.